The second-order valence-corrected chi connectivity index (χ2v) is 5.86. The zero-order valence-corrected chi connectivity index (χ0v) is 14.5. The van der Waals surface area contributed by atoms with Crippen LogP contribution >= 0.6 is 12.2 Å². The molecule has 6 heteroatoms. The maximum absolute atomic E-state index is 12.5. The molecule has 0 bridgehead atoms. The fraction of sp³-hybridized carbons (Fsp3) is 0.0526. The SMILES string of the molecule is Cc1ccccc1NC(=S)NNC(=O)c1ccccc1-n1cccc1. The molecule has 0 fully saturated rings. The van der Waals surface area contributed by atoms with Crippen LogP contribution in [0.3, 0.4) is 0 Å². The monoisotopic (exact) mass is 350 g/mol. The maximum atomic E-state index is 12.5. The summed E-state index contributed by atoms with van der Waals surface area (Å²) in [6.07, 6.45) is 3.79. The third-order valence-electron chi connectivity index (χ3n) is 3.71. The maximum Gasteiger partial charge on any atom is 0.271 e. The van der Waals surface area contributed by atoms with Crippen LogP contribution in [0.2, 0.25) is 0 Å². The predicted octanol–water partition coefficient (Wildman–Crippen LogP) is 3.42. The van der Waals surface area contributed by atoms with E-state index >= 15 is 0 Å². The number of hydrogen-bond acceptors (Lipinski definition) is 2. The van der Waals surface area contributed by atoms with Gasteiger partial charge in [0, 0.05) is 18.1 Å². The summed E-state index contributed by atoms with van der Waals surface area (Å²) in [4.78, 5) is 12.5. The van der Waals surface area contributed by atoms with Crippen molar-refractivity contribution in [3.63, 3.8) is 0 Å². The van der Waals surface area contributed by atoms with E-state index in [1.807, 2.05) is 78.5 Å². The molecule has 1 amide bonds. The minimum atomic E-state index is -0.266. The summed E-state index contributed by atoms with van der Waals surface area (Å²) in [5.41, 5.74) is 8.67. The quantitative estimate of drug-likeness (QED) is 0.500. The Labute approximate surface area is 151 Å². The van der Waals surface area contributed by atoms with Gasteiger partial charge < -0.3 is 9.88 Å². The van der Waals surface area contributed by atoms with Crippen LogP contribution in [0, 0.1) is 6.92 Å². The van der Waals surface area contributed by atoms with Crippen LogP contribution in [0.25, 0.3) is 5.69 Å². The lowest BCUT2D eigenvalue weighted by molar-refractivity contribution is 0.0944. The Hall–Kier alpha value is -3.12. The molecule has 5 nitrogen and oxygen atoms in total. The Morgan fingerprint density at radius 2 is 1.60 bits per heavy atom. The predicted molar refractivity (Wildman–Crippen MR) is 104 cm³/mol. The zero-order valence-electron chi connectivity index (χ0n) is 13.7. The van der Waals surface area contributed by atoms with Crippen LogP contribution in [0.15, 0.2) is 73.1 Å². The normalized spacial score (nSPS) is 10.1. The van der Waals surface area contributed by atoms with E-state index in [-0.39, 0.29) is 5.91 Å². The molecule has 3 N–H and O–H groups in total. The lowest BCUT2D eigenvalue weighted by Crippen LogP contribution is -2.44. The molecule has 0 saturated heterocycles. The molecule has 1 heterocycles. The number of amides is 1. The van der Waals surface area contributed by atoms with Crippen molar-refractivity contribution in [1.82, 2.24) is 15.4 Å². The number of carbonyl (C=O) groups excluding carboxylic acids is 1. The Bertz CT molecular complexity index is 890. The van der Waals surface area contributed by atoms with Gasteiger partial charge in [0.05, 0.1) is 11.3 Å². The van der Waals surface area contributed by atoms with E-state index in [0.717, 1.165) is 16.9 Å². The Morgan fingerprint density at radius 1 is 0.920 bits per heavy atom. The summed E-state index contributed by atoms with van der Waals surface area (Å²) in [7, 11) is 0. The molecule has 0 atom stereocenters. The third-order valence-corrected chi connectivity index (χ3v) is 3.92. The van der Waals surface area contributed by atoms with E-state index in [2.05, 4.69) is 16.2 Å². The fourth-order valence-electron chi connectivity index (χ4n) is 2.43. The van der Waals surface area contributed by atoms with Crippen LogP contribution in [0.5, 0.6) is 0 Å². The van der Waals surface area contributed by atoms with Crippen molar-refractivity contribution in [3.05, 3.63) is 84.2 Å². The lowest BCUT2D eigenvalue weighted by atomic mass is 10.1. The number of hydrogen-bond donors (Lipinski definition) is 3. The van der Waals surface area contributed by atoms with Crippen molar-refractivity contribution in [2.75, 3.05) is 5.32 Å². The van der Waals surface area contributed by atoms with Gasteiger partial charge in [0.25, 0.3) is 5.91 Å². The summed E-state index contributed by atoms with van der Waals surface area (Å²) in [6, 6.07) is 19.0. The highest BCUT2D eigenvalue weighted by molar-refractivity contribution is 7.80. The molecule has 0 spiro atoms. The first kappa shape index (κ1) is 16.7. The largest absolute Gasteiger partial charge is 0.331 e. The summed E-state index contributed by atoms with van der Waals surface area (Å²) in [6.45, 7) is 1.98. The highest BCUT2D eigenvalue weighted by atomic mass is 32.1. The van der Waals surface area contributed by atoms with Gasteiger partial charge in [0.15, 0.2) is 5.11 Å². The minimum Gasteiger partial charge on any atom is -0.331 e. The number of nitrogens with one attached hydrogen (secondary N) is 3. The highest BCUT2D eigenvalue weighted by Crippen LogP contribution is 2.15. The number of hydrazine groups is 1. The van der Waals surface area contributed by atoms with Crippen LogP contribution in [-0.4, -0.2) is 15.6 Å². The number of aryl methyl sites for hydroxylation is 1. The number of aromatic nitrogens is 1. The van der Waals surface area contributed by atoms with E-state index < -0.39 is 0 Å². The number of thiocarbonyl (C=S) groups is 1. The molecule has 0 aliphatic rings. The third kappa shape index (κ3) is 4.05. The van der Waals surface area contributed by atoms with Gasteiger partial charge in [-0.15, -0.1) is 0 Å². The van der Waals surface area contributed by atoms with E-state index in [1.54, 1.807) is 6.07 Å². The van der Waals surface area contributed by atoms with Gasteiger partial charge in [0.2, 0.25) is 0 Å². The summed E-state index contributed by atoms with van der Waals surface area (Å²) < 4.78 is 1.89. The van der Waals surface area contributed by atoms with Gasteiger partial charge in [-0.05, 0) is 55.0 Å². The topological polar surface area (TPSA) is 58.1 Å². The second kappa shape index (κ2) is 7.63. The number of nitrogens with zero attached hydrogens (tertiary/aromatic N) is 1. The molecule has 25 heavy (non-hydrogen) atoms. The second-order valence-electron chi connectivity index (χ2n) is 5.46. The van der Waals surface area contributed by atoms with Crippen molar-refractivity contribution in [3.8, 4) is 5.69 Å². The molecule has 126 valence electrons. The molecule has 0 saturated carbocycles. The van der Waals surface area contributed by atoms with Crippen molar-refractivity contribution >= 4 is 28.9 Å². The van der Waals surface area contributed by atoms with Gasteiger partial charge in [-0.3, -0.25) is 15.6 Å². The average Bonchev–Trinajstić information content (AvgIpc) is 3.16. The minimum absolute atomic E-state index is 0.266. The first-order valence-corrected chi connectivity index (χ1v) is 8.21. The fourth-order valence-corrected chi connectivity index (χ4v) is 2.59. The van der Waals surface area contributed by atoms with Gasteiger partial charge >= 0.3 is 0 Å². The first-order valence-electron chi connectivity index (χ1n) is 7.80. The summed E-state index contributed by atoms with van der Waals surface area (Å²) in [5, 5.41) is 3.38. The van der Waals surface area contributed by atoms with Crippen LogP contribution in [0.4, 0.5) is 5.69 Å². The molecule has 2 aromatic carbocycles. The number of carbonyl (C=O) groups is 1. The van der Waals surface area contributed by atoms with Crippen molar-refractivity contribution in [1.29, 1.82) is 0 Å². The first-order chi connectivity index (χ1) is 12.1. The standard InChI is InChI=1S/C19H18N4OS/c1-14-8-2-4-10-16(14)20-19(25)22-21-18(24)15-9-3-5-11-17(15)23-12-6-7-13-23/h2-13H,1H3,(H,21,24)(H2,20,22,25). The molecule has 0 unspecified atom stereocenters. The molecule has 0 aliphatic heterocycles. The molecule has 0 aliphatic carbocycles. The van der Waals surface area contributed by atoms with E-state index in [1.165, 1.54) is 0 Å². The van der Waals surface area contributed by atoms with Crippen LogP contribution in [0.1, 0.15) is 15.9 Å². The van der Waals surface area contributed by atoms with Gasteiger partial charge in [0.1, 0.15) is 0 Å². The summed E-state index contributed by atoms with van der Waals surface area (Å²) in [5.74, 6) is -0.266. The summed E-state index contributed by atoms with van der Waals surface area (Å²) >= 11 is 5.23. The van der Waals surface area contributed by atoms with E-state index in [4.69, 9.17) is 12.2 Å². The molecule has 3 aromatic rings. The molecule has 1 aromatic heterocycles. The van der Waals surface area contributed by atoms with Gasteiger partial charge in [-0.2, -0.15) is 0 Å². The average molecular weight is 350 g/mol. The van der Waals surface area contributed by atoms with Crippen LogP contribution < -0.4 is 16.2 Å². The molecule has 0 radical (unpaired) electrons. The highest BCUT2D eigenvalue weighted by Gasteiger charge is 2.12. The molecular weight excluding hydrogens is 332 g/mol. The van der Waals surface area contributed by atoms with E-state index in [0.29, 0.717) is 10.7 Å². The lowest BCUT2D eigenvalue weighted by Gasteiger charge is -2.14. The number of para-hydroxylation sites is 2. The van der Waals surface area contributed by atoms with Gasteiger partial charge in [-0.1, -0.05) is 30.3 Å². The van der Waals surface area contributed by atoms with Crippen molar-refractivity contribution in [2.24, 2.45) is 0 Å². The molecular formula is C19H18N4OS. The van der Waals surface area contributed by atoms with Crippen molar-refractivity contribution < 1.29 is 4.79 Å². The van der Waals surface area contributed by atoms with E-state index in [9.17, 15) is 4.79 Å². The van der Waals surface area contributed by atoms with Crippen molar-refractivity contribution in [2.45, 2.75) is 6.92 Å². The number of anilines is 1. The van der Waals surface area contributed by atoms with Crippen LogP contribution in [-0.2, 0) is 0 Å². The number of benzene rings is 2. The zero-order chi connectivity index (χ0) is 17.6. The van der Waals surface area contributed by atoms with Gasteiger partial charge in [-0.25, -0.2) is 0 Å². The Kier molecular flexibility index (Phi) is 5.11. The number of rotatable bonds is 3. The molecule has 3 rings (SSSR count). The Morgan fingerprint density at radius 3 is 2.36 bits per heavy atom. The smallest absolute Gasteiger partial charge is 0.271 e. The Balaban J connectivity index is 1.66.